The van der Waals surface area contributed by atoms with E-state index in [1.807, 2.05) is 25.1 Å². The van der Waals surface area contributed by atoms with E-state index in [1.165, 1.54) is 19.3 Å². The molecule has 22 heavy (non-hydrogen) atoms. The van der Waals surface area contributed by atoms with Gasteiger partial charge in [-0.2, -0.15) is 4.68 Å². The third kappa shape index (κ3) is 4.13. The first-order valence-electron chi connectivity index (χ1n) is 7.86. The summed E-state index contributed by atoms with van der Waals surface area (Å²) in [5, 5.41) is 14.4. The fourth-order valence-electron chi connectivity index (χ4n) is 2.33. The number of nitrogens with one attached hydrogen (secondary N) is 1. The Labute approximate surface area is 130 Å². The predicted octanol–water partition coefficient (Wildman–Crippen LogP) is 2.67. The van der Waals surface area contributed by atoms with Gasteiger partial charge in [0.1, 0.15) is 0 Å². The highest BCUT2D eigenvalue weighted by Crippen LogP contribution is 2.14. The van der Waals surface area contributed by atoms with Crippen molar-refractivity contribution in [3.8, 4) is 5.69 Å². The Morgan fingerprint density at radius 2 is 1.95 bits per heavy atom. The minimum absolute atomic E-state index is 0.0824. The first kappa shape index (κ1) is 16.1. The van der Waals surface area contributed by atoms with Gasteiger partial charge in [-0.25, -0.2) is 0 Å². The van der Waals surface area contributed by atoms with Crippen molar-refractivity contribution in [3.63, 3.8) is 0 Å². The van der Waals surface area contributed by atoms with Crippen LogP contribution in [0.15, 0.2) is 24.3 Å². The number of benzene rings is 1. The molecule has 0 atom stereocenters. The number of aromatic nitrogens is 4. The number of hydrogen-bond acceptors (Lipinski definition) is 4. The molecule has 118 valence electrons. The number of amides is 1. The molecule has 0 unspecified atom stereocenters. The van der Waals surface area contributed by atoms with Crippen molar-refractivity contribution in [2.75, 3.05) is 6.54 Å². The molecular formula is C16H23N5O. The highest BCUT2D eigenvalue weighted by atomic mass is 16.1. The molecule has 1 aromatic carbocycles. The van der Waals surface area contributed by atoms with Crippen LogP contribution in [-0.4, -0.2) is 32.7 Å². The maximum absolute atomic E-state index is 12.4. The number of rotatable bonds is 8. The van der Waals surface area contributed by atoms with Crippen LogP contribution in [0.2, 0.25) is 0 Å². The van der Waals surface area contributed by atoms with Crippen LogP contribution in [0.1, 0.15) is 55.2 Å². The van der Waals surface area contributed by atoms with E-state index in [1.54, 1.807) is 10.7 Å². The van der Waals surface area contributed by atoms with Crippen molar-refractivity contribution in [1.29, 1.82) is 0 Å². The topological polar surface area (TPSA) is 72.7 Å². The number of aryl methyl sites for hydroxylation is 1. The van der Waals surface area contributed by atoms with Gasteiger partial charge in [-0.05, 0) is 35.9 Å². The third-order valence-corrected chi connectivity index (χ3v) is 3.57. The maximum atomic E-state index is 12.4. The van der Waals surface area contributed by atoms with Crippen molar-refractivity contribution in [1.82, 2.24) is 25.5 Å². The molecule has 6 nitrogen and oxygen atoms in total. The van der Waals surface area contributed by atoms with Crippen molar-refractivity contribution >= 4 is 5.91 Å². The molecule has 0 aliphatic carbocycles. The SMILES string of the molecule is CCCCCCCNC(=O)c1ccccc1-n1nnnc1C. The first-order chi connectivity index (χ1) is 10.7. The molecule has 0 fully saturated rings. The number of hydrogen-bond donors (Lipinski definition) is 1. The van der Waals surface area contributed by atoms with Crippen LogP contribution in [0.25, 0.3) is 5.69 Å². The molecule has 2 aromatic rings. The lowest BCUT2D eigenvalue weighted by Crippen LogP contribution is -2.26. The van der Waals surface area contributed by atoms with Crippen LogP contribution < -0.4 is 5.32 Å². The molecule has 0 aliphatic rings. The van der Waals surface area contributed by atoms with E-state index in [9.17, 15) is 4.79 Å². The predicted molar refractivity (Wildman–Crippen MR) is 85.0 cm³/mol. The fourth-order valence-corrected chi connectivity index (χ4v) is 2.33. The second-order valence-electron chi connectivity index (χ2n) is 5.33. The van der Waals surface area contributed by atoms with Gasteiger partial charge in [0.25, 0.3) is 5.91 Å². The minimum Gasteiger partial charge on any atom is -0.352 e. The van der Waals surface area contributed by atoms with Gasteiger partial charge in [0, 0.05) is 6.54 Å². The van der Waals surface area contributed by atoms with Gasteiger partial charge < -0.3 is 5.32 Å². The van der Waals surface area contributed by atoms with Gasteiger partial charge in [0.2, 0.25) is 0 Å². The molecule has 1 N–H and O–H groups in total. The van der Waals surface area contributed by atoms with E-state index in [0.717, 1.165) is 12.8 Å². The van der Waals surface area contributed by atoms with Crippen molar-refractivity contribution in [3.05, 3.63) is 35.7 Å². The van der Waals surface area contributed by atoms with E-state index in [4.69, 9.17) is 0 Å². The van der Waals surface area contributed by atoms with Crippen molar-refractivity contribution in [2.45, 2.75) is 46.0 Å². The summed E-state index contributed by atoms with van der Waals surface area (Å²) in [5.41, 5.74) is 1.29. The van der Waals surface area contributed by atoms with E-state index < -0.39 is 0 Å². The third-order valence-electron chi connectivity index (χ3n) is 3.57. The number of carbonyl (C=O) groups is 1. The van der Waals surface area contributed by atoms with Gasteiger partial charge in [-0.15, -0.1) is 5.10 Å². The molecule has 2 rings (SSSR count). The summed E-state index contributed by atoms with van der Waals surface area (Å²) in [7, 11) is 0. The number of nitrogens with zero attached hydrogens (tertiary/aromatic N) is 4. The van der Waals surface area contributed by atoms with E-state index >= 15 is 0 Å². The minimum atomic E-state index is -0.0824. The Kier molecular flexibility index (Phi) is 6.06. The average molecular weight is 301 g/mol. The van der Waals surface area contributed by atoms with Crippen LogP contribution in [-0.2, 0) is 0 Å². The highest BCUT2D eigenvalue weighted by Gasteiger charge is 2.14. The quantitative estimate of drug-likeness (QED) is 0.761. The van der Waals surface area contributed by atoms with Gasteiger partial charge in [-0.3, -0.25) is 4.79 Å². The Morgan fingerprint density at radius 1 is 1.18 bits per heavy atom. The zero-order valence-corrected chi connectivity index (χ0v) is 13.2. The molecule has 1 amide bonds. The summed E-state index contributed by atoms with van der Waals surface area (Å²) in [6.45, 7) is 4.70. The Hall–Kier alpha value is -2.24. The highest BCUT2D eigenvalue weighted by molar-refractivity contribution is 5.97. The second kappa shape index (κ2) is 8.26. The summed E-state index contributed by atoms with van der Waals surface area (Å²) >= 11 is 0. The van der Waals surface area contributed by atoms with E-state index in [2.05, 4.69) is 27.8 Å². The Balaban J connectivity index is 1.97. The lowest BCUT2D eigenvalue weighted by Gasteiger charge is -2.10. The van der Waals surface area contributed by atoms with E-state index in [0.29, 0.717) is 23.6 Å². The number of tetrazole rings is 1. The Bertz CT molecular complexity index is 608. The molecule has 0 aliphatic heterocycles. The lowest BCUT2D eigenvalue weighted by molar-refractivity contribution is 0.0952. The lowest BCUT2D eigenvalue weighted by atomic mass is 10.1. The molecule has 6 heteroatoms. The van der Waals surface area contributed by atoms with Gasteiger partial charge >= 0.3 is 0 Å². The van der Waals surface area contributed by atoms with Crippen LogP contribution in [0.5, 0.6) is 0 Å². The molecule has 0 spiro atoms. The normalized spacial score (nSPS) is 10.6. The molecule has 0 saturated heterocycles. The summed E-state index contributed by atoms with van der Waals surface area (Å²) in [4.78, 5) is 12.4. The summed E-state index contributed by atoms with van der Waals surface area (Å²) in [6, 6.07) is 7.36. The molecular weight excluding hydrogens is 278 g/mol. The standard InChI is InChI=1S/C16H23N5O/c1-3-4-5-6-9-12-17-16(22)14-10-7-8-11-15(14)21-13(2)18-19-20-21/h7-8,10-11H,3-6,9,12H2,1-2H3,(H,17,22). The largest absolute Gasteiger partial charge is 0.352 e. The van der Waals surface area contributed by atoms with Crippen molar-refractivity contribution < 1.29 is 4.79 Å². The van der Waals surface area contributed by atoms with Crippen LogP contribution in [0, 0.1) is 6.92 Å². The zero-order chi connectivity index (χ0) is 15.8. The van der Waals surface area contributed by atoms with Gasteiger partial charge in [0.15, 0.2) is 5.82 Å². The van der Waals surface area contributed by atoms with Crippen LogP contribution in [0.4, 0.5) is 0 Å². The molecule has 0 radical (unpaired) electrons. The maximum Gasteiger partial charge on any atom is 0.253 e. The molecule has 1 aromatic heterocycles. The van der Waals surface area contributed by atoms with Crippen LogP contribution in [0.3, 0.4) is 0 Å². The smallest absolute Gasteiger partial charge is 0.253 e. The first-order valence-corrected chi connectivity index (χ1v) is 7.86. The number of carbonyl (C=O) groups excluding carboxylic acids is 1. The zero-order valence-electron chi connectivity index (χ0n) is 13.2. The van der Waals surface area contributed by atoms with Crippen molar-refractivity contribution in [2.24, 2.45) is 0 Å². The number of para-hydroxylation sites is 1. The fraction of sp³-hybridized carbons (Fsp3) is 0.500. The summed E-state index contributed by atoms with van der Waals surface area (Å²) in [5.74, 6) is 0.570. The second-order valence-corrected chi connectivity index (χ2v) is 5.33. The molecule has 0 bridgehead atoms. The number of unbranched alkanes of at least 4 members (excludes halogenated alkanes) is 4. The van der Waals surface area contributed by atoms with Crippen LogP contribution >= 0.6 is 0 Å². The van der Waals surface area contributed by atoms with Gasteiger partial charge in [0.05, 0.1) is 11.3 Å². The van der Waals surface area contributed by atoms with Gasteiger partial charge in [-0.1, -0.05) is 44.7 Å². The Morgan fingerprint density at radius 3 is 2.68 bits per heavy atom. The summed E-state index contributed by atoms with van der Waals surface area (Å²) < 4.78 is 1.58. The molecule has 0 saturated carbocycles. The molecule has 1 heterocycles. The monoisotopic (exact) mass is 301 g/mol. The average Bonchev–Trinajstić information content (AvgIpc) is 2.96. The van der Waals surface area contributed by atoms with E-state index in [-0.39, 0.29) is 5.91 Å². The summed E-state index contributed by atoms with van der Waals surface area (Å²) in [6.07, 6.45) is 5.88.